The van der Waals surface area contributed by atoms with Gasteiger partial charge in [0.1, 0.15) is 0 Å². The van der Waals surface area contributed by atoms with Crippen molar-refractivity contribution in [2.45, 2.75) is 33.0 Å². The van der Waals surface area contributed by atoms with Crippen LogP contribution in [0.15, 0.2) is 0 Å². The molecule has 2 unspecified atom stereocenters. The van der Waals surface area contributed by atoms with E-state index in [1.165, 1.54) is 0 Å². The number of amides is 2. The van der Waals surface area contributed by atoms with Crippen molar-refractivity contribution in [1.29, 1.82) is 0 Å². The number of morpholine rings is 1. The fourth-order valence-corrected chi connectivity index (χ4v) is 2.98. The molecule has 2 fully saturated rings. The van der Waals surface area contributed by atoms with Gasteiger partial charge in [-0.1, -0.05) is 6.92 Å². The zero-order chi connectivity index (χ0) is 14.2. The standard InChI is InChI=1S/C13H22N2O4/c1-8-4-14(7-11(8)12(16)17)13(18)15-5-9(2)19-10(3)6-15/h8-11H,4-7H2,1-3H3,(H,16,17)/t8?,9-,10+,11?. The number of nitrogens with zero attached hydrogens (tertiary/aromatic N) is 2. The summed E-state index contributed by atoms with van der Waals surface area (Å²) in [6.45, 7) is 7.77. The highest BCUT2D eigenvalue weighted by Gasteiger charge is 2.39. The molecule has 0 aromatic carbocycles. The molecule has 0 bridgehead atoms. The second kappa shape index (κ2) is 5.36. The van der Waals surface area contributed by atoms with Gasteiger partial charge >= 0.3 is 12.0 Å². The van der Waals surface area contributed by atoms with E-state index in [4.69, 9.17) is 9.84 Å². The third-order valence-corrected chi connectivity index (χ3v) is 3.89. The number of urea groups is 1. The SMILES string of the molecule is CC1CN(C(=O)N2C[C@@H](C)O[C@@H](C)C2)CC1C(=O)O. The number of hydrogen-bond acceptors (Lipinski definition) is 3. The lowest BCUT2D eigenvalue weighted by Crippen LogP contribution is -2.52. The quantitative estimate of drug-likeness (QED) is 0.767. The number of likely N-dealkylation sites (tertiary alicyclic amines) is 1. The Kier molecular flexibility index (Phi) is 3.99. The highest BCUT2D eigenvalue weighted by Crippen LogP contribution is 2.25. The van der Waals surface area contributed by atoms with Crippen molar-refractivity contribution in [3.8, 4) is 0 Å². The average molecular weight is 270 g/mol. The van der Waals surface area contributed by atoms with E-state index in [9.17, 15) is 9.59 Å². The molecule has 2 heterocycles. The maximum absolute atomic E-state index is 12.4. The number of carboxylic acid groups (broad SMARTS) is 1. The molecule has 2 aliphatic heterocycles. The Morgan fingerprint density at radius 1 is 1.00 bits per heavy atom. The highest BCUT2D eigenvalue weighted by atomic mass is 16.5. The second-order valence-electron chi connectivity index (χ2n) is 5.77. The summed E-state index contributed by atoms with van der Waals surface area (Å²) in [5, 5.41) is 9.11. The zero-order valence-electron chi connectivity index (χ0n) is 11.7. The molecule has 19 heavy (non-hydrogen) atoms. The summed E-state index contributed by atoms with van der Waals surface area (Å²) in [6, 6.07) is -0.0578. The Hall–Kier alpha value is -1.30. The minimum absolute atomic E-state index is 0.0114. The van der Waals surface area contributed by atoms with Crippen LogP contribution in [0.1, 0.15) is 20.8 Å². The van der Waals surface area contributed by atoms with Gasteiger partial charge in [-0.05, 0) is 19.8 Å². The number of carbonyl (C=O) groups excluding carboxylic acids is 1. The van der Waals surface area contributed by atoms with Crippen LogP contribution in [0.5, 0.6) is 0 Å². The summed E-state index contributed by atoms with van der Waals surface area (Å²) in [4.78, 5) is 26.9. The number of carbonyl (C=O) groups is 2. The van der Waals surface area contributed by atoms with Gasteiger partial charge in [-0.15, -0.1) is 0 Å². The smallest absolute Gasteiger partial charge is 0.320 e. The van der Waals surface area contributed by atoms with Crippen LogP contribution in [0.2, 0.25) is 0 Å². The molecule has 2 aliphatic rings. The molecule has 0 spiro atoms. The summed E-state index contributed by atoms with van der Waals surface area (Å²) in [5.41, 5.74) is 0. The van der Waals surface area contributed by atoms with E-state index in [2.05, 4.69) is 0 Å². The zero-order valence-corrected chi connectivity index (χ0v) is 11.7. The molecule has 108 valence electrons. The first-order chi connectivity index (χ1) is 8.88. The van der Waals surface area contributed by atoms with Crippen molar-refractivity contribution >= 4 is 12.0 Å². The molecule has 6 nitrogen and oxygen atoms in total. The van der Waals surface area contributed by atoms with Crippen LogP contribution in [0, 0.1) is 11.8 Å². The van der Waals surface area contributed by atoms with E-state index in [0.29, 0.717) is 26.2 Å². The molecule has 1 N–H and O–H groups in total. The summed E-state index contributed by atoms with van der Waals surface area (Å²) >= 11 is 0. The minimum atomic E-state index is -0.813. The van der Waals surface area contributed by atoms with Crippen molar-refractivity contribution < 1.29 is 19.4 Å². The fourth-order valence-electron chi connectivity index (χ4n) is 2.98. The first-order valence-electron chi connectivity index (χ1n) is 6.80. The number of carboxylic acids is 1. The van der Waals surface area contributed by atoms with Gasteiger partial charge in [0.2, 0.25) is 0 Å². The predicted octanol–water partition coefficient (Wildman–Crippen LogP) is 0.868. The van der Waals surface area contributed by atoms with E-state index in [1.807, 2.05) is 20.8 Å². The van der Waals surface area contributed by atoms with Crippen molar-refractivity contribution in [1.82, 2.24) is 9.80 Å². The van der Waals surface area contributed by atoms with Gasteiger partial charge in [-0.2, -0.15) is 0 Å². The Bertz CT molecular complexity index is 364. The van der Waals surface area contributed by atoms with E-state index in [1.54, 1.807) is 9.80 Å². The van der Waals surface area contributed by atoms with Gasteiger partial charge in [-0.25, -0.2) is 4.79 Å². The molecule has 0 aliphatic carbocycles. The Labute approximate surface area is 113 Å². The Morgan fingerprint density at radius 2 is 1.53 bits per heavy atom. The normalized spacial score (nSPS) is 35.5. The number of aliphatic carboxylic acids is 1. The van der Waals surface area contributed by atoms with E-state index in [0.717, 1.165) is 0 Å². The van der Waals surface area contributed by atoms with Crippen LogP contribution < -0.4 is 0 Å². The Morgan fingerprint density at radius 3 is 2.00 bits per heavy atom. The minimum Gasteiger partial charge on any atom is -0.481 e. The molecule has 0 aromatic heterocycles. The van der Waals surface area contributed by atoms with E-state index < -0.39 is 11.9 Å². The third-order valence-electron chi connectivity index (χ3n) is 3.89. The highest BCUT2D eigenvalue weighted by molar-refractivity contribution is 5.78. The Balaban J connectivity index is 1.99. The third kappa shape index (κ3) is 3.00. The first-order valence-corrected chi connectivity index (χ1v) is 6.80. The van der Waals surface area contributed by atoms with Crippen LogP contribution in [0.25, 0.3) is 0 Å². The molecule has 0 radical (unpaired) electrons. The monoisotopic (exact) mass is 270 g/mol. The van der Waals surface area contributed by atoms with Gasteiger partial charge < -0.3 is 19.6 Å². The lowest BCUT2D eigenvalue weighted by molar-refractivity contribution is -0.142. The number of ether oxygens (including phenoxy) is 1. The fraction of sp³-hybridized carbons (Fsp3) is 0.846. The van der Waals surface area contributed by atoms with Crippen LogP contribution in [-0.2, 0) is 9.53 Å². The lowest BCUT2D eigenvalue weighted by atomic mass is 9.99. The van der Waals surface area contributed by atoms with Crippen LogP contribution >= 0.6 is 0 Å². The van der Waals surface area contributed by atoms with Gasteiger partial charge in [-0.3, -0.25) is 4.79 Å². The van der Waals surface area contributed by atoms with E-state index in [-0.39, 0.29) is 24.2 Å². The topological polar surface area (TPSA) is 70.1 Å². The summed E-state index contributed by atoms with van der Waals surface area (Å²) < 4.78 is 5.60. The molecule has 6 heteroatoms. The molecule has 2 rings (SSSR count). The van der Waals surface area contributed by atoms with E-state index >= 15 is 0 Å². The molecular formula is C13H22N2O4. The van der Waals surface area contributed by atoms with Crippen LogP contribution in [0.4, 0.5) is 4.79 Å². The molecule has 4 atom stereocenters. The van der Waals surface area contributed by atoms with Gasteiger partial charge in [0.05, 0.1) is 18.1 Å². The summed E-state index contributed by atoms with van der Waals surface area (Å²) in [7, 11) is 0. The van der Waals surface area contributed by atoms with Crippen molar-refractivity contribution in [3.63, 3.8) is 0 Å². The number of hydrogen-bond donors (Lipinski definition) is 1. The van der Waals surface area contributed by atoms with Crippen LogP contribution in [0.3, 0.4) is 0 Å². The summed E-state index contributed by atoms with van der Waals surface area (Å²) in [5.74, 6) is -1.25. The number of rotatable bonds is 1. The predicted molar refractivity (Wildman–Crippen MR) is 68.8 cm³/mol. The van der Waals surface area contributed by atoms with Crippen molar-refractivity contribution in [2.75, 3.05) is 26.2 Å². The van der Waals surface area contributed by atoms with Gasteiger partial charge in [0.15, 0.2) is 0 Å². The van der Waals surface area contributed by atoms with Gasteiger partial charge in [0, 0.05) is 26.2 Å². The van der Waals surface area contributed by atoms with Crippen molar-refractivity contribution in [3.05, 3.63) is 0 Å². The molecule has 0 aromatic rings. The van der Waals surface area contributed by atoms with Gasteiger partial charge in [0.25, 0.3) is 0 Å². The largest absolute Gasteiger partial charge is 0.481 e. The molecule has 2 amide bonds. The second-order valence-corrected chi connectivity index (χ2v) is 5.77. The molecular weight excluding hydrogens is 248 g/mol. The van der Waals surface area contributed by atoms with Crippen molar-refractivity contribution in [2.24, 2.45) is 11.8 Å². The maximum Gasteiger partial charge on any atom is 0.320 e. The molecule has 0 saturated carbocycles. The summed E-state index contributed by atoms with van der Waals surface area (Å²) in [6.07, 6.45) is 0.0611. The van der Waals surface area contributed by atoms with Crippen LogP contribution in [-0.4, -0.2) is 65.3 Å². The maximum atomic E-state index is 12.4. The average Bonchev–Trinajstić information content (AvgIpc) is 2.69. The molecule has 2 saturated heterocycles. The first kappa shape index (κ1) is 14.1. The lowest BCUT2D eigenvalue weighted by Gasteiger charge is -2.37.